The largest absolute Gasteiger partial charge is 0.496 e. The monoisotopic (exact) mass is 464 g/mol. The lowest BCUT2D eigenvalue weighted by Crippen LogP contribution is -2.50. The van der Waals surface area contributed by atoms with Gasteiger partial charge in [-0.25, -0.2) is 4.98 Å². The summed E-state index contributed by atoms with van der Waals surface area (Å²) in [6, 6.07) is 10.7. The Kier molecular flexibility index (Phi) is 5.77. The Morgan fingerprint density at radius 1 is 1.03 bits per heavy atom. The smallest absolute Gasteiger partial charge is 0.263 e. The summed E-state index contributed by atoms with van der Waals surface area (Å²) in [4.78, 5) is 35.3. The maximum Gasteiger partial charge on any atom is 0.263 e. The quantitative estimate of drug-likeness (QED) is 0.587. The molecule has 3 heterocycles. The van der Waals surface area contributed by atoms with E-state index < -0.39 is 0 Å². The fourth-order valence-electron chi connectivity index (χ4n) is 4.51. The number of benzene rings is 2. The lowest BCUT2D eigenvalue weighted by molar-refractivity contribution is 0.0742. The first-order chi connectivity index (χ1) is 16.5. The van der Waals surface area contributed by atoms with E-state index in [0.29, 0.717) is 79.1 Å². The molecule has 1 aromatic heterocycles. The van der Waals surface area contributed by atoms with Crippen LogP contribution in [-0.2, 0) is 0 Å². The van der Waals surface area contributed by atoms with Gasteiger partial charge in [0.2, 0.25) is 5.95 Å². The highest BCUT2D eigenvalue weighted by Gasteiger charge is 2.28. The summed E-state index contributed by atoms with van der Waals surface area (Å²) in [7, 11) is 1.56. The number of nitrogens with zero attached hydrogens (tertiary/aromatic N) is 4. The molecule has 0 radical (unpaired) electrons. The van der Waals surface area contributed by atoms with Crippen LogP contribution in [0.3, 0.4) is 0 Å². The standard InChI is InChI=1S/C25H28N4O5/c1-16(2)29-24(31)18-14-21-22(34-13-12-33-21)15-19(18)26-25(29)28-10-8-27(9-11-28)23(30)17-6-4-5-7-20(17)32-3/h4-7,14-16H,8-13H2,1-3H3. The SMILES string of the molecule is COc1ccccc1C(=O)N1CCN(c2nc3cc4c(cc3c(=O)n2C(C)C)OCCO4)CC1. The molecule has 0 N–H and O–H groups in total. The van der Waals surface area contributed by atoms with E-state index in [-0.39, 0.29) is 17.5 Å². The van der Waals surface area contributed by atoms with Gasteiger partial charge in [-0.1, -0.05) is 12.1 Å². The highest BCUT2D eigenvalue weighted by Crippen LogP contribution is 2.34. The Balaban J connectivity index is 1.45. The third-order valence-electron chi connectivity index (χ3n) is 6.25. The van der Waals surface area contributed by atoms with Crippen LogP contribution >= 0.6 is 0 Å². The predicted molar refractivity (Wildman–Crippen MR) is 128 cm³/mol. The van der Waals surface area contributed by atoms with Crippen molar-refractivity contribution in [1.29, 1.82) is 0 Å². The van der Waals surface area contributed by atoms with Crippen LogP contribution in [-0.4, -0.2) is 66.9 Å². The minimum absolute atomic E-state index is 0.0615. The summed E-state index contributed by atoms with van der Waals surface area (Å²) in [5.74, 6) is 2.28. The Labute approximate surface area is 197 Å². The number of anilines is 1. The van der Waals surface area contributed by atoms with E-state index in [1.165, 1.54) is 0 Å². The average molecular weight is 465 g/mol. The minimum Gasteiger partial charge on any atom is -0.496 e. The molecular formula is C25H28N4O5. The second kappa shape index (κ2) is 8.89. The van der Waals surface area contributed by atoms with Crippen LogP contribution < -0.4 is 24.7 Å². The van der Waals surface area contributed by atoms with E-state index in [9.17, 15) is 9.59 Å². The van der Waals surface area contributed by atoms with Crippen molar-refractivity contribution in [2.24, 2.45) is 0 Å². The molecule has 5 rings (SSSR count). The number of fused-ring (bicyclic) bond motifs is 2. The molecule has 2 aliphatic heterocycles. The molecule has 0 unspecified atom stereocenters. The molecule has 34 heavy (non-hydrogen) atoms. The van der Waals surface area contributed by atoms with E-state index in [2.05, 4.69) is 4.90 Å². The van der Waals surface area contributed by atoms with E-state index in [0.717, 1.165) is 0 Å². The van der Waals surface area contributed by atoms with Gasteiger partial charge in [0, 0.05) is 38.3 Å². The van der Waals surface area contributed by atoms with Gasteiger partial charge >= 0.3 is 0 Å². The van der Waals surface area contributed by atoms with Gasteiger partial charge in [-0.15, -0.1) is 0 Å². The van der Waals surface area contributed by atoms with Gasteiger partial charge in [0.15, 0.2) is 11.5 Å². The number of methoxy groups -OCH3 is 1. The van der Waals surface area contributed by atoms with Gasteiger partial charge in [-0.2, -0.15) is 0 Å². The third kappa shape index (κ3) is 3.81. The molecule has 0 bridgehead atoms. The van der Waals surface area contributed by atoms with E-state index in [1.54, 1.807) is 35.9 Å². The Morgan fingerprint density at radius 3 is 2.38 bits per heavy atom. The molecule has 9 nitrogen and oxygen atoms in total. The molecule has 1 saturated heterocycles. The number of hydrogen-bond donors (Lipinski definition) is 0. The van der Waals surface area contributed by atoms with Crippen molar-refractivity contribution in [3.05, 3.63) is 52.3 Å². The maximum absolute atomic E-state index is 13.5. The maximum atomic E-state index is 13.5. The van der Waals surface area contributed by atoms with Crippen LogP contribution in [0.4, 0.5) is 5.95 Å². The van der Waals surface area contributed by atoms with Crippen LogP contribution in [0.25, 0.3) is 10.9 Å². The lowest BCUT2D eigenvalue weighted by atomic mass is 10.1. The van der Waals surface area contributed by atoms with Crippen LogP contribution in [0.15, 0.2) is 41.2 Å². The van der Waals surface area contributed by atoms with E-state index in [1.807, 2.05) is 30.9 Å². The normalized spacial score (nSPS) is 15.6. The predicted octanol–water partition coefficient (Wildman–Crippen LogP) is 2.72. The first kappa shape index (κ1) is 22.1. The van der Waals surface area contributed by atoms with Crippen molar-refractivity contribution in [1.82, 2.24) is 14.5 Å². The van der Waals surface area contributed by atoms with Gasteiger partial charge in [0.05, 0.1) is 23.6 Å². The number of amides is 1. The van der Waals surface area contributed by atoms with Crippen molar-refractivity contribution >= 4 is 22.8 Å². The Hall–Kier alpha value is -3.75. The molecule has 1 fully saturated rings. The van der Waals surface area contributed by atoms with Crippen LogP contribution in [0.5, 0.6) is 17.2 Å². The summed E-state index contributed by atoms with van der Waals surface area (Å²) in [6.45, 7) is 7.03. The van der Waals surface area contributed by atoms with Crippen LogP contribution in [0, 0.1) is 0 Å². The van der Waals surface area contributed by atoms with Crippen molar-refractivity contribution in [3.8, 4) is 17.2 Å². The fraction of sp³-hybridized carbons (Fsp3) is 0.400. The molecule has 2 aromatic carbocycles. The molecule has 0 aliphatic carbocycles. The summed E-state index contributed by atoms with van der Waals surface area (Å²) in [6.07, 6.45) is 0. The van der Waals surface area contributed by atoms with Crippen LogP contribution in [0.1, 0.15) is 30.2 Å². The summed E-state index contributed by atoms with van der Waals surface area (Å²) in [5, 5.41) is 0.506. The van der Waals surface area contributed by atoms with Gasteiger partial charge in [-0.05, 0) is 32.0 Å². The van der Waals surface area contributed by atoms with Gasteiger partial charge < -0.3 is 24.0 Å². The number of piperazine rings is 1. The highest BCUT2D eigenvalue weighted by molar-refractivity contribution is 5.97. The van der Waals surface area contributed by atoms with Gasteiger partial charge in [-0.3, -0.25) is 14.2 Å². The average Bonchev–Trinajstić information content (AvgIpc) is 2.87. The molecule has 0 saturated carbocycles. The molecule has 1 amide bonds. The number of aromatic nitrogens is 2. The van der Waals surface area contributed by atoms with E-state index in [4.69, 9.17) is 19.2 Å². The first-order valence-corrected chi connectivity index (χ1v) is 11.5. The number of ether oxygens (including phenoxy) is 3. The zero-order valence-electron chi connectivity index (χ0n) is 19.6. The topological polar surface area (TPSA) is 86.1 Å². The molecule has 3 aromatic rings. The summed E-state index contributed by atoms with van der Waals surface area (Å²) in [5.41, 5.74) is 1.02. The Bertz CT molecular complexity index is 1290. The van der Waals surface area contributed by atoms with Crippen molar-refractivity contribution in [2.75, 3.05) is 51.4 Å². The highest BCUT2D eigenvalue weighted by atomic mass is 16.6. The second-order valence-corrected chi connectivity index (χ2v) is 8.67. The van der Waals surface area contributed by atoms with Crippen molar-refractivity contribution in [2.45, 2.75) is 19.9 Å². The molecule has 178 valence electrons. The van der Waals surface area contributed by atoms with Crippen LogP contribution in [0.2, 0.25) is 0 Å². The van der Waals surface area contributed by atoms with Gasteiger partial charge in [0.1, 0.15) is 19.0 Å². The molecular weight excluding hydrogens is 436 g/mol. The number of hydrogen-bond acceptors (Lipinski definition) is 7. The molecule has 9 heteroatoms. The molecule has 0 atom stereocenters. The summed E-state index contributed by atoms with van der Waals surface area (Å²) < 4.78 is 18.4. The van der Waals surface area contributed by atoms with E-state index >= 15 is 0 Å². The van der Waals surface area contributed by atoms with Crippen molar-refractivity contribution < 1.29 is 19.0 Å². The van der Waals surface area contributed by atoms with Gasteiger partial charge in [0.25, 0.3) is 11.5 Å². The fourth-order valence-corrected chi connectivity index (χ4v) is 4.51. The second-order valence-electron chi connectivity index (χ2n) is 8.67. The third-order valence-corrected chi connectivity index (χ3v) is 6.25. The zero-order chi connectivity index (χ0) is 23.8. The zero-order valence-corrected chi connectivity index (χ0v) is 19.6. The minimum atomic E-state index is -0.112. The number of carbonyl (C=O) groups excluding carboxylic acids is 1. The lowest BCUT2D eigenvalue weighted by Gasteiger charge is -2.37. The summed E-state index contributed by atoms with van der Waals surface area (Å²) >= 11 is 0. The molecule has 0 spiro atoms. The number of para-hydroxylation sites is 1. The Morgan fingerprint density at radius 2 is 1.71 bits per heavy atom. The number of rotatable bonds is 4. The van der Waals surface area contributed by atoms with Crippen molar-refractivity contribution in [3.63, 3.8) is 0 Å². The number of carbonyl (C=O) groups is 1. The molecule has 2 aliphatic rings. The first-order valence-electron chi connectivity index (χ1n) is 11.5.